The third-order valence-electron chi connectivity index (χ3n) is 2.71. The smallest absolute Gasteiger partial charge is 0.237 e. The van der Waals surface area contributed by atoms with Crippen LogP contribution in [0.1, 0.15) is 25.7 Å². The fraction of sp³-hybridized carbons (Fsp3) is 0.900. The molecule has 0 aliphatic carbocycles. The molecule has 0 bridgehead atoms. The van der Waals surface area contributed by atoms with Crippen molar-refractivity contribution >= 4 is 15.7 Å². The number of sulfone groups is 1. The van der Waals surface area contributed by atoms with E-state index in [0.717, 1.165) is 19.3 Å². The Morgan fingerprint density at radius 2 is 1.81 bits per heavy atom. The highest BCUT2D eigenvalue weighted by Gasteiger charge is 2.22. The molecule has 1 saturated heterocycles. The van der Waals surface area contributed by atoms with Crippen LogP contribution < -0.4 is 5.73 Å². The molecule has 6 heteroatoms. The second-order valence-electron chi connectivity index (χ2n) is 4.18. The molecule has 0 aromatic carbocycles. The summed E-state index contributed by atoms with van der Waals surface area (Å²) in [6, 6.07) is 0. The van der Waals surface area contributed by atoms with Crippen LogP contribution in [-0.2, 0) is 14.6 Å². The molecular weight excluding hydrogens is 228 g/mol. The summed E-state index contributed by atoms with van der Waals surface area (Å²) < 4.78 is 23.1. The second kappa shape index (κ2) is 6.20. The van der Waals surface area contributed by atoms with Crippen LogP contribution in [0.25, 0.3) is 0 Å². The van der Waals surface area contributed by atoms with Gasteiger partial charge in [-0.25, -0.2) is 8.42 Å². The van der Waals surface area contributed by atoms with Crippen molar-refractivity contribution in [2.24, 2.45) is 5.73 Å². The number of carbonyl (C=O) groups excluding carboxylic acids is 1. The fourth-order valence-electron chi connectivity index (χ4n) is 1.80. The normalized spacial score (nSPS) is 17.4. The lowest BCUT2D eigenvalue weighted by molar-refractivity contribution is -0.129. The predicted molar refractivity (Wildman–Crippen MR) is 62.8 cm³/mol. The molecule has 0 radical (unpaired) electrons. The number of hydrogen-bond donors (Lipinski definition) is 1. The Kier molecular flexibility index (Phi) is 5.21. The van der Waals surface area contributed by atoms with Gasteiger partial charge in [0.1, 0.15) is 5.75 Å². The summed E-state index contributed by atoms with van der Waals surface area (Å²) in [5, 5.41) is 0. The number of likely N-dealkylation sites (tertiary alicyclic amines) is 1. The first-order valence-electron chi connectivity index (χ1n) is 5.73. The number of carbonyl (C=O) groups is 1. The zero-order valence-electron chi connectivity index (χ0n) is 9.52. The number of nitrogens with zero attached hydrogens (tertiary/aromatic N) is 1. The Balaban J connectivity index is 2.43. The van der Waals surface area contributed by atoms with E-state index in [4.69, 9.17) is 5.73 Å². The molecular formula is C10H20N2O3S. The average Bonchev–Trinajstić information content (AvgIpc) is 2.27. The number of hydrogen-bond acceptors (Lipinski definition) is 4. The van der Waals surface area contributed by atoms with Crippen molar-refractivity contribution in [2.75, 3.05) is 31.1 Å². The summed E-state index contributed by atoms with van der Waals surface area (Å²) >= 11 is 0. The van der Waals surface area contributed by atoms with E-state index in [1.807, 2.05) is 0 Å². The Hall–Kier alpha value is -0.620. The standard InChI is InChI=1S/C10H20N2O3S/c11-5-4-8-16(14,15)9-10(13)12-6-2-1-3-7-12/h1-9,11H2. The molecule has 0 atom stereocenters. The van der Waals surface area contributed by atoms with Gasteiger partial charge in [0.05, 0.1) is 5.75 Å². The van der Waals surface area contributed by atoms with Crippen molar-refractivity contribution in [3.05, 3.63) is 0 Å². The van der Waals surface area contributed by atoms with Gasteiger partial charge in [-0.3, -0.25) is 4.79 Å². The Morgan fingerprint density at radius 3 is 2.38 bits per heavy atom. The molecule has 1 aliphatic rings. The van der Waals surface area contributed by atoms with Crippen LogP contribution in [0.2, 0.25) is 0 Å². The monoisotopic (exact) mass is 248 g/mol. The van der Waals surface area contributed by atoms with Gasteiger partial charge in [0, 0.05) is 13.1 Å². The van der Waals surface area contributed by atoms with Crippen LogP contribution >= 0.6 is 0 Å². The van der Waals surface area contributed by atoms with Gasteiger partial charge in [-0.05, 0) is 32.2 Å². The SMILES string of the molecule is NCCCS(=O)(=O)CC(=O)N1CCCCC1. The third-order valence-corrected chi connectivity index (χ3v) is 4.31. The lowest BCUT2D eigenvalue weighted by Gasteiger charge is -2.26. The van der Waals surface area contributed by atoms with E-state index >= 15 is 0 Å². The molecule has 0 spiro atoms. The van der Waals surface area contributed by atoms with Gasteiger partial charge < -0.3 is 10.6 Å². The van der Waals surface area contributed by atoms with Crippen molar-refractivity contribution in [1.82, 2.24) is 4.90 Å². The van der Waals surface area contributed by atoms with Crippen LogP contribution in [0.15, 0.2) is 0 Å². The Morgan fingerprint density at radius 1 is 1.19 bits per heavy atom. The molecule has 2 N–H and O–H groups in total. The maximum absolute atomic E-state index is 11.7. The number of nitrogens with two attached hydrogens (primary N) is 1. The van der Waals surface area contributed by atoms with Crippen molar-refractivity contribution in [3.8, 4) is 0 Å². The first kappa shape index (κ1) is 13.4. The van der Waals surface area contributed by atoms with Gasteiger partial charge in [-0.15, -0.1) is 0 Å². The van der Waals surface area contributed by atoms with Gasteiger partial charge in [0.2, 0.25) is 5.91 Å². The minimum absolute atomic E-state index is 0.0169. The zero-order chi connectivity index (χ0) is 12.0. The van der Waals surface area contributed by atoms with E-state index in [2.05, 4.69) is 0 Å². The van der Waals surface area contributed by atoms with Gasteiger partial charge in [0.25, 0.3) is 0 Å². The van der Waals surface area contributed by atoms with E-state index in [1.165, 1.54) is 0 Å². The van der Waals surface area contributed by atoms with Gasteiger partial charge in [-0.2, -0.15) is 0 Å². The zero-order valence-corrected chi connectivity index (χ0v) is 10.3. The quantitative estimate of drug-likeness (QED) is 0.728. The van der Waals surface area contributed by atoms with Crippen molar-refractivity contribution in [1.29, 1.82) is 0 Å². The molecule has 5 nitrogen and oxygen atoms in total. The third kappa shape index (κ3) is 4.49. The predicted octanol–water partition coefficient (Wildman–Crippen LogP) is -0.237. The van der Waals surface area contributed by atoms with E-state index in [-0.39, 0.29) is 17.4 Å². The first-order chi connectivity index (χ1) is 7.55. The van der Waals surface area contributed by atoms with Gasteiger partial charge in [0.15, 0.2) is 9.84 Å². The molecule has 1 aliphatic heterocycles. The molecule has 1 amide bonds. The Bertz CT molecular complexity index is 321. The highest BCUT2D eigenvalue weighted by molar-refractivity contribution is 7.92. The molecule has 0 saturated carbocycles. The second-order valence-corrected chi connectivity index (χ2v) is 6.36. The summed E-state index contributed by atoms with van der Waals surface area (Å²) in [5.74, 6) is -0.590. The molecule has 16 heavy (non-hydrogen) atoms. The molecule has 94 valence electrons. The van der Waals surface area contributed by atoms with E-state index < -0.39 is 9.84 Å². The highest BCUT2D eigenvalue weighted by atomic mass is 32.2. The fourth-order valence-corrected chi connectivity index (χ4v) is 3.11. The van der Waals surface area contributed by atoms with Crippen molar-refractivity contribution in [2.45, 2.75) is 25.7 Å². The average molecular weight is 248 g/mol. The molecule has 1 heterocycles. The molecule has 1 fully saturated rings. The Labute approximate surface area is 96.9 Å². The number of amides is 1. The summed E-state index contributed by atoms with van der Waals surface area (Å²) in [5.41, 5.74) is 5.25. The lowest BCUT2D eigenvalue weighted by Crippen LogP contribution is -2.39. The maximum atomic E-state index is 11.7. The number of rotatable bonds is 5. The van der Waals surface area contributed by atoms with E-state index in [0.29, 0.717) is 26.1 Å². The van der Waals surface area contributed by atoms with Gasteiger partial charge in [-0.1, -0.05) is 0 Å². The summed E-state index contributed by atoms with van der Waals surface area (Å²) in [6.07, 6.45) is 3.52. The molecule has 1 rings (SSSR count). The maximum Gasteiger partial charge on any atom is 0.237 e. The molecule has 0 unspecified atom stereocenters. The number of piperidine rings is 1. The van der Waals surface area contributed by atoms with Crippen LogP contribution in [-0.4, -0.2) is 50.4 Å². The minimum atomic E-state index is -3.26. The lowest BCUT2D eigenvalue weighted by atomic mass is 10.1. The topological polar surface area (TPSA) is 80.5 Å². The van der Waals surface area contributed by atoms with Gasteiger partial charge >= 0.3 is 0 Å². The van der Waals surface area contributed by atoms with Crippen LogP contribution in [0.5, 0.6) is 0 Å². The first-order valence-corrected chi connectivity index (χ1v) is 7.55. The summed E-state index contributed by atoms with van der Waals surface area (Å²) in [4.78, 5) is 13.3. The van der Waals surface area contributed by atoms with Crippen molar-refractivity contribution in [3.63, 3.8) is 0 Å². The largest absolute Gasteiger partial charge is 0.342 e. The van der Waals surface area contributed by atoms with Crippen LogP contribution in [0.4, 0.5) is 0 Å². The molecule has 0 aromatic rings. The minimum Gasteiger partial charge on any atom is -0.342 e. The van der Waals surface area contributed by atoms with Crippen molar-refractivity contribution < 1.29 is 13.2 Å². The molecule has 0 aromatic heterocycles. The summed E-state index contributed by atoms with van der Waals surface area (Å²) in [6.45, 7) is 1.74. The highest BCUT2D eigenvalue weighted by Crippen LogP contribution is 2.09. The van der Waals surface area contributed by atoms with E-state index in [1.54, 1.807) is 4.90 Å². The van der Waals surface area contributed by atoms with Crippen LogP contribution in [0, 0.1) is 0 Å². The summed E-state index contributed by atoms with van der Waals surface area (Å²) in [7, 11) is -3.26. The van der Waals surface area contributed by atoms with Crippen LogP contribution in [0.3, 0.4) is 0 Å². The van der Waals surface area contributed by atoms with E-state index in [9.17, 15) is 13.2 Å².